The Morgan fingerprint density at radius 2 is 1.74 bits per heavy atom. The minimum Gasteiger partial charge on any atom is -0.356 e. The number of para-hydroxylation sites is 2. The van der Waals surface area contributed by atoms with Crippen molar-refractivity contribution in [3.63, 3.8) is 0 Å². The summed E-state index contributed by atoms with van der Waals surface area (Å²) in [6.07, 6.45) is 8.79. The highest BCUT2D eigenvalue weighted by atomic mass is 32.2. The van der Waals surface area contributed by atoms with E-state index in [1.807, 2.05) is 54.6 Å². The average Bonchev–Trinajstić information content (AvgIpc) is 3.46. The summed E-state index contributed by atoms with van der Waals surface area (Å²) in [4.78, 5) is 16.9. The largest absolute Gasteiger partial charge is 0.356 e. The van der Waals surface area contributed by atoms with Crippen molar-refractivity contribution in [1.82, 2.24) is 9.47 Å². The number of nitrogens with one attached hydrogen (secondary N) is 1. The maximum atomic E-state index is 14.0. The number of hydrogen-bond acceptors (Lipinski definition) is 4. The zero-order valence-electron chi connectivity index (χ0n) is 22.1. The molecule has 5 nitrogen and oxygen atoms in total. The van der Waals surface area contributed by atoms with Gasteiger partial charge < -0.3 is 14.8 Å². The van der Waals surface area contributed by atoms with E-state index in [0.29, 0.717) is 18.0 Å². The summed E-state index contributed by atoms with van der Waals surface area (Å²) < 4.78 is 2.18. The molecule has 2 fully saturated rings. The van der Waals surface area contributed by atoms with Crippen molar-refractivity contribution in [2.75, 3.05) is 5.32 Å². The minimum absolute atomic E-state index is 0.110. The molecule has 1 N–H and O–H groups in total. The van der Waals surface area contributed by atoms with E-state index in [-0.39, 0.29) is 17.4 Å². The molecule has 1 aromatic heterocycles. The molecule has 1 amide bonds. The zero-order chi connectivity index (χ0) is 26.8. The van der Waals surface area contributed by atoms with Gasteiger partial charge in [0.25, 0.3) is 5.91 Å². The van der Waals surface area contributed by atoms with Crippen molar-refractivity contribution in [2.45, 2.75) is 50.7 Å². The van der Waals surface area contributed by atoms with E-state index < -0.39 is 0 Å². The number of carbonyl (C=O) groups excluding carboxylic acids is 1. The lowest BCUT2D eigenvalue weighted by Gasteiger charge is -2.39. The van der Waals surface area contributed by atoms with Crippen molar-refractivity contribution in [2.24, 2.45) is 5.92 Å². The van der Waals surface area contributed by atoms with E-state index >= 15 is 0 Å². The molecular weight excluding hydrogens is 500 g/mol. The van der Waals surface area contributed by atoms with Gasteiger partial charge in [0.05, 0.1) is 16.5 Å². The fourth-order valence-electron chi connectivity index (χ4n) is 5.98. The van der Waals surface area contributed by atoms with Crippen molar-refractivity contribution >= 4 is 40.3 Å². The number of nitrogens with zero attached hydrogens (tertiary/aromatic N) is 3. The van der Waals surface area contributed by atoms with Crippen LogP contribution >= 0.6 is 11.8 Å². The third kappa shape index (κ3) is 5.07. The standard InChI is InChI=1S/C33H32N4OS/c1-23-11-5-9-17-29(23)37-32(38)31(39-33(37)35-27-14-3-2-4-15-27)19-26-22-36(30-18-10-8-16-28(26)30)21-25-13-7-6-12-24(25)20-34/h2-4,6-8,10,12-16,18-19,22-23,29,33,35H,5,9,11,17,21H2,1H3/b31-19-/t23-,29-,33?/m1/s1. The molecule has 3 atom stereocenters. The molecule has 2 heterocycles. The number of carbonyl (C=O) groups is 1. The van der Waals surface area contributed by atoms with E-state index in [0.717, 1.165) is 51.9 Å². The molecule has 39 heavy (non-hydrogen) atoms. The van der Waals surface area contributed by atoms with E-state index in [1.165, 1.54) is 6.42 Å². The van der Waals surface area contributed by atoms with Gasteiger partial charge in [-0.1, -0.05) is 86.1 Å². The van der Waals surface area contributed by atoms with Crippen LogP contribution in [0.1, 0.15) is 49.3 Å². The van der Waals surface area contributed by atoms with Crippen LogP contribution in [0.4, 0.5) is 5.69 Å². The summed E-state index contributed by atoms with van der Waals surface area (Å²) in [5, 5.41) is 14.3. The SMILES string of the molecule is C[C@@H]1CCCC[C@H]1N1C(=O)/C(=C/c2cn(Cc3ccccc3C#N)c3ccccc23)SC1Nc1ccccc1. The quantitative estimate of drug-likeness (QED) is 0.262. The lowest BCUT2D eigenvalue weighted by Crippen LogP contribution is -2.48. The van der Waals surface area contributed by atoms with Crippen LogP contribution in [0.15, 0.2) is 90.0 Å². The van der Waals surface area contributed by atoms with Crippen molar-refractivity contribution in [1.29, 1.82) is 5.26 Å². The number of fused-ring (bicyclic) bond motifs is 1. The van der Waals surface area contributed by atoms with Crippen LogP contribution < -0.4 is 5.32 Å². The fourth-order valence-corrected chi connectivity index (χ4v) is 7.18. The molecule has 1 saturated carbocycles. The second-order valence-corrected chi connectivity index (χ2v) is 11.7. The van der Waals surface area contributed by atoms with E-state index in [2.05, 4.69) is 64.3 Å². The predicted molar refractivity (Wildman–Crippen MR) is 160 cm³/mol. The Morgan fingerprint density at radius 1 is 1.00 bits per heavy atom. The Morgan fingerprint density at radius 3 is 2.56 bits per heavy atom. The number of rotatable bonds is 6. The number of hydrogen-bond donors (Lipinski definition) is 1. The average molecular weight is 533 g/mol. The first kappa shape index (κ1) is 25.3. The molecule has 6 rings (SSSR count). The molecule has 1 aliphatic carbocycles. The van der Waals surface area contributed by atoms with Crippen LogP contribution in [0.5, 0.6) is 0 Å². The molecule has 4 aromatic rings. The Kier molecular flexibility index (Phi) is 7.17. The normalized spacial score (nSPS) is 22.4. The summed E-state index contributed by atoms with van der Waals surface area (Å²) in [5.41, 5.74) is 4.65. The number of amides is 1. The van der Waals surface area contributed by atoms with Gasteiger partial charge in [-0.25, -0.2) is 0 Å². The summed E-state index contributed by atoms with van der Waals surface area (Å²) in [6, 6.07) is 28.7. The maximum absolute atomic E-state index is 14.0. The van der Waals surface area contributed by atoms with Crippen molar-refractivity contribution in [3.05, 3.63) is 107 Å². The Labute approximate surface area is 234 Å². The molecule has 0 radical (unpaired) electrons. The first-order valence-corrected chi connectivity index (χ1v) is 14.6. The second-order valence-electron chi connectivity index (χ2n) is 10.5. The number of anilines is 1. The first-order chi connectivity index (χ1) is 19.1. The topological polar surface area (TPSA) is 61.1 Å². The van der Waals surface area contributed by atoms with Crippen LogP contribution in [-0.2, 0) is 11.3 Å². The Balaban J connectivity index is 1.37. The van der Waals surface area contributed by atoms with Crippen LogP contribution in [-0.4, -0.2) is 26.9 Å². The van der Waals surface area contributed by atoms with Gasteiger partial charge in [0.2, 0.25) is 0 Å². The van der Waals surface area contributed by atoms with Gasteiger partial charge >= 0.3 is 0 Å². The smallest absolute Gasteiger partial charge is 0.262 e. The van der Waals surface area contributed by atoms with Crippen molar-refractivity contribution in [3.8, 4) is 6.07 Å². The van der Waals surface area contributed by atoms with Crippen LogP contribution in [0.25, 0.3) is 17.0 Å². The highest BCUT2D eigenvalue weighted by Gasteiger charge is 2.43. The van der Waals surface area contributed by atoms with Gasteiger partial charge in [-0.05, 0) is 54.7 Å². The summed E-state index contributed by atoms with van der Waals surface area (Å²) in [5.74, 6) is 0.587. The predicted octanol–water partition coefficient (Wildman–Crippen LogP) is 7.45. The lowest BCUT2D eigenvalue weighted by molar-refractivity contribution is -0.129. The molecule has 2 aliphatic rings. The van der Waals surface area contributed by atoms with Gasteiger partial charge in [-0.15, -0.1) is 0 Å². The molecular formula is C33H32N4OS. The van der Waals surface area contributed by atoms with Gasteiger partial charge in [-0.3, -0.25) is 4.79 Å². The van der Waals surface area contributed by atoms with Gasteiger partial charge in [0, 0.05) is 40.9 Å². The monoisotopic (exact) mass is 532 g/mol. The molecule has 1 aliphatic heterocycles. The molecule has 0 spiro atoms. The zero-order valence-corrected chi connectivity index (χ0v) is 22.9. The van der Waals surface area contributed by atoms with Gasteiger partial charge in [0.15, 0.2) is 5.50 Å². The van der Waals surface area contributed by atoms with Gasteiger partial charge in [0.1, 0.15) is 0 Å². The van der Waals surface area contributed by atoms with Gasteiger partial charge in [-0.2, -0.15) is 5.26 Å². The summed E-state index contributed by atoms with van der Waals surface area (Å²) in [7, 11) is 0. The number of nitriles is 1. The number of aromatic nitrogens is 1. The highest BCUT2D eigenvalue weighted by molar-refractivity contribution is 8.05. The molecule has 0 bridgehead atoms. The molecule has 3 aromatic carbocycles. The van der Waals surface area contributed by atoms with E-state index in [4.69, 9.17) is 0 Å². The third-order valence-corrected chi connectivity index (χ3v) is 9.12. The van der Waals surface area contributed by atoms with Crippen LogP contribution in [0.2, 0.25) is 0 Å². The summed E-state index contributed by atoms with van der Waals surface area (Å²) >= 11 is 1.61. The minimum atomic E-state index is -0.146. The van der Waals surface area contributed by atoms with Crippen molar-refractivity contribution < 1.29 is 4.79 Å². The Bertz CT molecular complexity index is 1570. The second kappa shape index (κ2) is 11.0. The van der Waals surface area contributed by atoms with E-state index in [9.17, 15) is 10.1 Å². The first-order valence-electron chi connectivity index (χ1n) is 13.7. The van der Waals surface area contributed by atoms with Crippen LogP contribution in [0, 0.1) is 17.2 Å². The fraction of sp³-hybridized carbons (Fsp3) is 0.273. The maximum Gasteiger partial charge on any atom is 0.262 e. The third-order valence-electron chi connectivity index (χ3n) is 8.01. The highest BCUT2D eigenvalue weighted by Crippen LogP contribution is 2.42. The molecule has 6 heteroatoms. The summed E-state index contributed by atoms with van der Waals surface area (Å²) in [6.45, 7) is 2.88. The molecule has 1 unspecified atom stereocenters. The van der Waals surface area contributed by atoms with E-state index in [1.54, 1.807) is 11.8 Å². The number of thioether (sulfide) groups is 1. The Hall–Kier alpha value is -3.95. The lowest BCUT2D eigenvalue weighted by atomic mass is 9.85. The molecule has 196 valence electrons. The van der Waals surface area contributed by atoms with Crippen LogP contribution in [0.3, 0.4) is 0 Å². The number of benzene rings is 3. The molecule has 1 saturated heterocycles.